The second kappa shape index (κ2) is 6.59. The first kappa shape index (κ1) is 16.8. The average Bonchev–Trinajstić information content (AvgIpc) is 3.22. The van der Waals surface area contributed by atoms with Crippen LogP contribution in [0.1, 0.15) is 41.7 Å². The Morgan fingerprint density at radius 3 is 2.54 bits per heavy atom. The van der Waals surface area contributed by atoms with Gasteiger partial charge in [0.05, 0.1) is 0 Å². The Morgan fingerprint density at radius 2 is 1.88 bits per heavy atom. The van der Waals surface area contributed by atoms with E-state index in [4.69, 9.17) is 0 Å². The van der Waals surface area contributed by atoms with Crippen LogP contribution in [0, 0.1) is 0 Å². The minimum absolute atomic E-state index is 0.0809. The van der Waals surface area contributed by atoms with Crippen LogP contribution >= 0.6 is 0 Å². The number of carbonyl (C=O) groups is 2. The van der Waals surface area contributed by atoms with E-state index in [1.807, 2.05) is 51.9 Å². The highest BCUT2D eigenvalue weighted by Gasteiger charge is 2.47. The molecular formula is C20H24N4O2. The zero-order chi connectivity index (χ0) is 18.1. The van der Waals surface area contributed by atoms with Gasteiger partial charge in [-0.3, -0.25) is 14.6 Å². The van der Waals surface area contributed by atoms with E-state index < -0.39 is 0 Å². The first-order chi connectivity index (χ1) is 12.6. The van der Waals surface area contributed by atoms with Crippen molar-refractivity contribution in [3.8, 4) is 0 Å². The van der Waals surface area contributed by atoms with Gasteiger partial charge in [0.2, 0.25) is 5.91 Å². The monoisotopic (exact) mass is 352 g/mol. The fourth-order valence-electron chi connectivity index (χ4n) is 4.29. The van der Waals surface area contributed by atoms with Gasteiger partial charge in [0.25, 0.3) is 5.91 Å². The van der Waals surface area contributed by atoms with Crippen LogP contribution < -0.4 is 0 Å². The van der Waals surface area contributed by atoms with Gasteiger partial charge >= 0.3 is 0 Å². The van der Waals surface area contributed by atoms with E-state index in [9.17, 15) is 9.59 Å². The van der Waals surface area contributed by atoms with Crippen LogP contribution in [-0.2, 0) is 18.4 Å². The van der Waals surface area contributed by atoms with E-state index in [-0.39, 0.29) is 17.4 Å². The molecule has 2 aliphatic rings. The molecule has 0 radical (unpaired) electrons. The van der Waals surface area contributed by atoms with Gasteiger partial charge in [-0.05, 0) is 49.1 Å². The maximum absolute atomic E-state index is 12.7. The van der Waals surface area contributed by atoms with Crippen molar-refractivity contribution in [3.05, 3.63) is 54.1 Å². The highest BCUT2D eigenvalue weighted by molar-refractivity contribution is 5.93. The molecule has 26 heavy (non-hydrogen) atoms. The molecule has 2 amide bonds. The van der Waals surface area contributed by atoms with Crippen molar-refractivity contribution in [2.45, 2.75) is 37.8 Å². The molecule has 0 saturated carbocycles. The van der Waals surface area contributed by atoms with Crippen LogP contribution in [-0.4, -0.2) is 49.8 Å². The molecule has 1 spiro atoms. The van der Waals surface area contributed by atoms with E-state index in [0.29, 0.717) is 26.1 Å². The van der Waals surface area contributed by atoms with Crippen molar-refractivity contribution < 1.29 is 9.59 Å². The minimum Gasteiger partial charge on any atom is -0.347 e. The standard InChI is InChI=1S/C20H24N4O2/c1-22-12-2-3-17(22)19(26)23-13-8-20(9-14-23)7-4-18(25)24(20)15-16-5-10-21-11-6-16/h2-3,5-6,10-12H,4,7-9,13-15H2,1H3. The number of nitrogens with zero attached hydrogens (tertiary/aromatic N) is 4. The van der Waals surface area contributed by atoms with Crippen LogP contribution in [0.3, 0.4) is 0 Å². The van der Waals surface area contributed by atoms with E-state index in [1.165, 1.54) is 0 Å². The molecule has 6 nitrogen and oxygen atoms in total. The summed E-state index contributed by atoms with van der Waals surface area (Å²) >= 11 is 0. The van der Waals surface area contributed by atoms with Gasteiger partial charge in [-0.2, -0.15) is 0 Å². The second-order valence-electron chi connectivity index (χ2n) is 7.36. The first-order valence-electron chi connectivity index (χ1n) is 9.19. The predicted molar refractivity (Wildman–Crippen MR) is 97.3 cm³/mol. The number of carbonyl (C=O) groups excluding carboxylic acids is 2. The smallest absolute Gasteiger partial charge is 0.270 e. The summed E-state index contributed by atoms with van der Waals surface area (Å²) in [5, 5.41) is 0. The molecule has 0 bridgehead atoms. The van der Waals surface area contributed by atoms with Crippen molar-refractivity contribution in [1.82, 2.24) is 19.4 Å². The van der Waals surface area contributed by atoms with Gasteiger partial charge in [0.1, 0.15) is 5.69 Å². The molecule has 0 unspecified atom stereocenters. The van der Waals surface area contributed by atoms with Crippen molar-refractivity contribution in [2.75, 3.05) is 13.1 Å². The minimum atomic E-state index is -0.106. The summed E-state index contributed by atoms with van der Waals surface area (Å²) in [6.45, 7) is 2.03. The van der Waals surface area contributed by atoms with Crippen molar-refractivity contribution >= 4 is 11.8 Å². The Hall–Kier alpha value is -2.63. The lowest BCUT2D eigenvalue weighted by molar-refractivity contribution is -0.133. The molecular weight excluding hydrogens is 328 g/mol. The van der Waals surface area contributed by atoms with E-state index in [2.05, 4.69) is 4.98 Å². The van der Waals surface area contributed by atoms with E-state index in [1.54, 1.807) is 12.4 Å². The number of amides is 2. The topological polar surface area (TPSA) is 58.4 Å². The first-order valence-corrected chi connectivity index (χ1v) is 9.19. The van der Waals surface area contributed by atoms with Gasteiger partial charge < -0.3 is 14.4 Å². The van der Waals surface area contributed by atoms with Crippen molar-refractivity contribution in [2.24, 2.45) is 7.05 Å². The number of pyridine rings is 1. The molecule has 0 aromatic carbocycles. The third-order valence-electron chi connectivity index (χ3n) is 5.91. The van der Waals surface area contributed by atoms with Crippen LogP contribution in [0.5, 0.6) is 0 Å². The second-order valence-corrected chi connectivity index (χ2v) is 7.36. The molecule has 136 valence electrons. The number of rotatable bonds is 3. The average molecular weight is 352 g/mol. The molecule has 0 aliphatic carbocycles. The molecule has 6 heteroatoms. The number of aryl methyl sites for hydroxylation is 1. The number of likely N-dealkylation sites (tertiary alicyclic amines) is 2. The van der Waals surface area contributed by atoms with Crippen LogP contribution in [0.2, 0.25) is 0 Å². The number of piperidine rings is 1. The van der Waals surface area contributed by atoms with Gasteiger partial charge in [0.15, 0.2) is 0 Å². The summed E-state index contributed by atoms with van der Waals surface area (Å²) < 4.78 is 1.86. The molecule has 2 aliphatic heterocycles. The molecule has 2 saturated heterocycles. The Bertz CT molecular complexity index is 806. The third kappa shape index (κ3) is 2.89. The van der Waals surface area contributed by atoms with Gasteiger partial charge in [-0.1, -0.05) is 0 Å². The zero-order valence-electron chi connectivity index (χ0n) is 15.1. The molecule has 2 aromatic rings. The maximum Gasteiger partial charge on any atom is 0.270 e. The van der Waals surface area contributed by atoms with Crippen LogP contribution in [0.4, 0.5) is 0 Å². The summed E-state index contributed by atoms with van der Waals surface area (Å²) in [4.78, 5) is 33.3. The summed E-state index contributed by atoms with van der Waals surface area (Å²) in [5.74, 6) is 0.307. The SMILES string of the molecule is Cn1cccc1C(=O)N1CCC2(CCC(=O)N2Cc2ccncc2)CC1. The molecule has 4 heterocycles. The zero-order valence-corrected chi connectivity index (χ0v) is 15.1. The molecule has 2 fully saturated rings. The Balaban J connectivity index is 1.47. The van der Waals surface area contributed by atoms with Gasteiger partial charge in [-0.15, -0.1) is 0 Å². The van der Waals surface area contributed by atoms with Gasteiger partial charge in [0, 0.05) is 57.2 Å². The Kier molecular flexibility index (Phi) is 4.26. The van der Waals surface area contributed by atoms with Crippen LogP contribution in [0.15, 0.2) is 42.9 Å². The number of aromatic nitrogens is 2. The van der Waals surface area contributed by atoms with E-state index >= 15 is 0 Å². The summed E-state index contributed by atoms with van der Waals surface area (Å²) in [6.07, 6.45) is 8.62. The molecule has 0 atom stereocenters. The lowest BCUT2D eigenvalue weighted by Gasteiger charge is -2.45. The normalized spacial score (nSPS) is 19.3. The summed E-state index contributed by atoms with van der Waals surface area (Å²) in [5.41, 5.74) is 1.72. The Labute approximate surface area is 153 Å². The van der Waals surface area contributed by atoms with Crippen LogP contribution in [0.25, 0.3) is 0 Å². The third-order valence-corrected chi connectivity index (χ3v) is 5.91. The molecule has 2 aromatic heterocycles. The predicted octanol–water partition coefficient (Wildman–Crippen LogP) is 2.22. The maximum atomic E-state index is 12.7. The highest BCUT2D eigenvalue weighted by Crippen LogP contribution is 2.40. The highest BCUT2D eigenvalue weighted by atomic mass is 16.2. The molecule has 4 rings (SSSR count). The van der Waals surface area contributed by atoms with Gasteiger partial charge in [-0.25, -0.2) is 0 Å². The fourth-order valence-corrected chi connectivity index (χ4v) is 4.29. The largest absolute Gasteiger partial charge is 0.347 e. The quantitative estimate of drug-likeness (QED) is 0.851. The fraction of sp³-hybridized carbons (Fsp3) is 0.450. The molecule has 0 N–H and O–H groups in total. The Morgan fingerprint density at radius 1 is 1.15 bits per heavy atom. The summed E-state index contributed by atoms with van der Waals surface area (Å²) in [7, 11) is 1.89. The number of hydrogen-bond donors (Lipinski definition) is 0. The van der Waals surface area contributed by atoms with E-state index in [0.717, 1.165) is 30.5 Å². The number of hydrogen-bond acceptors (Lipinski definition) is 3. The lowest BCUT2D eigenvalue weighted by Crippen LogP contribution is -2.54. The van der Waals surface area contributed by atoms with Crippen molar-refractivity contribution in [1.29, 1.82) is 0 Å². The lowest BCUT2D eigenvalue weighted by atomic mass is 9.84. The summed E-state index contributed by atoms with van der Waals surface area (Å²) in [6, 6.07) is 7.69. The van der Waals surface area contributed by atoms with Crippen molar-refractivity contribution in [3.63, 3.8) is 0 Å².